The molecule has 2 aromatic carbocycles. The number of benzene rings is 2. The Morgan fingerprint density at radius 2 is 1.62 bits per heavy atom. The van der Waals surface area contributed by atoms with Crippen LogP contribution in [0.1, 0.15) is 67.1 Å². The third kappa shape index (κ3) is 3.57. The van der Waals surface area contributed by atoms with Gasteiger partial charge in [0.25, 0.3) is 17.7 Å². The van der Waals surface area contributed by atoms with Crippen LogP contribution in [0.15, 0.2) is 53.1 Å². The molecule has 8 nitrogen and oxygen atoms in total. The van der Waals surface area contributed by atoms with Gasteiger partial charge in [-0.15, -0.1) is 0 Å². The number of hydrogen-bond acceptors (Lipinski definition) is 6. The highest BCUT2D eigenvalue weighted by molar-refractivity contribution is 6.21. The zero-order valence-electron chi connectivity index (χ0n) is 17.7. The zero-order valence-corrected chi connectivity index (χ0v) is 17.7. The second kappa shape index (κ2) is 8.03. The highest BCUT2D eigenvalue weighted by atomic mass is 16.5. The van der Waals surface area contributed by atoms with E-state index in [0.29, 0.717) is 41.5 Å². The highest BCUT2D eigenvalue weighted by Crippen LogP contribution is 2.28. The number of rotatable bonds is 4. The SMILES string of the molecule is Cc1noc(C2CCN(C(=O)c3ccc(CN4C(=O)c5ccccc5C4=O)cc3)CC2)n1. The molecule has 3 heterocycles. The van der Waals surface area contributed by atoms with E-state index < -0.39 is 0 Å². The predicted molar refractivity (Wildman–Crippen MR) is 114 cm³/mol. The molecule has 0 bridgehead atoms. The molecule has 162 valence electrons. The maximum atomic E-state index is 12.9. The van der Waals surface area contributed by atoms with Gasteiger partial charge in [0.1, 0.15) is 0 Å². The Morgan fingerprint density at radius 3 is 2.19 bits per heavy atom. The van der Waals surface area contributed by atoms with Gasteiger partial charge in [-0.25, -0.2) is 0 Å². The van der Waals surface area contributed by atoms with Crippen LogP contribution in [0.5, 0.6) is 0 Å². The number of amides is 3. The van der Waals surface area contributed by atoms with Crippen LogP contribution < -0.4 is 0 Å². The van der Waals surface area contributed by atoms with Crippen LogP contribution >= 0.6 is 0 Å². The van der Waals surface area contributed by atoms with E-state index in [0.717, 1.165) is 18.4 Å². The Balaban J connectivity index is 1.21. The van der Waals surface area contributed by atoms with Crippen LogP contribution in [-0.4, -0.2) is 50.8 Å². The minimum absolute atomic E-state index is 0.0301. The van der Waals surface area contributed by atoms with Gasteiger partial charge >= 0.3 is 0 Å². The summed E-state index contributed by atoms with van der Waals surface area (Å²) < 4.78 is 5.27. The van der Waals surface area contributed by atoms with Gasteiger partial charge in [-0.1, -0.05) is 29.4 Å². The molecule has 3 amide bonds. The van der Waals surface area contributed by atoms with Crippen LogP contribution in [0, 0.1) is 6.92 Å². The molecule has 2 aliphatic heterocycles. The Morgan fingerprint density at radius 1 is 1.00 bits per heavy atom. The molecular weight excluding hydrogens is 408 g/mol. The van der Waals surface area contributed by atoms with Gasteiger partial charge in [0.15, 0.2) is 5.82 Å². The molecule has 0 N–H and O–H groups in total. The Hall–Kier alpha value is -3.81. The molecule has 0 radical (unpaired) electrons. The summed E-state index contributed by atoms with van der Waals surface area (Å²) in [6.07, 6.45) is 1.57. The summed E-state index contributed by atoms with van der Waals surface area (Å²) in [6.45, 7) is 3.23. The standard InChI is InChI=1S/C24H22N4O4/c1-15-25-21(32-26-15)17-10-12-27(13-11-17)22(29)18-8-6-16(7-9-18)14-28-23(30)19-4-2-3-5-20(19)24(28)31/h2-9,17H,10-14H2,1H3. The van der Waals surface area contributed by atoms with E-state index in [4.69, 9.17) is 4.52 Å². The van der Waals surface area contributed by atoms with Gasteiger partial charge in [0.2, 0.25) is 5.89 Å². The largest absolute Gasteiger partial charge is 0.339 e. The van der Waals surface area contributed by atoms with Crippen molar-refractivity contribution in [2.75, 3.05) is 13.1 Å². The topological polar surface area (TPSA) is 96.6 Å². The van der Waals surface area contributed by atoms with Crippen molar-refractivity contribution in [3.05, 3.63) is 82.5 Å². The summed E-state index contributed by atoms with van der Waals surface area (Å²) in [7, 11) is 0. The van der Waals surface area contributed by atoms with E-state index >= 15 is 0 Å². The Kier molecular flexibility index (Phi) is 5.05. The molecule has 32 heavy (non-hydrogen) atoms. The van der Waals surface area contributed by atoms with E-state index in [9.17, 15) is 14.4 Å². The predicted octanol–water partition coefficient (Wildman–Crippen LogP) is 3.19. The number of carbonyl (C=O) groups is 3. The molecule has 1 saturated heterocycles. The van der Waals surface area contributed by atoms with Crippen molar-refractivity contribution < 1.29 is 18.9 Å². The first-order valence-corrected chi connectivity index (χ1v) is 10.6. The lowest BCUT2D eigenvalue weighted by Gasteiger charge is -2.30. The minimum Gasteiger partial charge on any atom is -0.339 e. The molecule has 0 aliphatic carbocycles. The van der Waals surface area contributed by atoms with Crippen molar-refractivity contribution in [2.45, 2.75) is 32.2 Å². The highest BCUT2D eigenvalue weighted by Gasteiger charge is 2.35. The first-order chi connectivity index (χ1) is 15.5. The summed E-state index contributed by atoms with van der Waals surface area (Å²) >= 11 is 0. The zero-order chi connectivity index (χ0) is 22.2. The summed E-state index contributed by atoms with van der Waals surface area (Å²) in [5, 5.41) is 3.85. The fourth-order valence-electron chi connectivity index (χ4n) is 4.31. The molecule has 1 fully saturated rings. The molecular formula is C24H22N4O4. The van der Waals surface area contributed by atoms with E-state index in [-0.39, 0.29) is 30.2 Å². The van der Waals surface area contributed by atoms with Gasteiger partial charge in [-0.2, -0.15) is 4.98 Å². The van der Waals surface area contributed by atoms with E-state index in [1.165, 1.54) is 4.90 Å². The molecule has 5 rings (SSSR count). The van der Waals surface area contributed by atoms with Crippen LogP contribution in [0.2, 0.25) is 0 Å². The number of carbonyl (C=O) groups excluding carboxylic acids is 3. The molecule has 0 saturated carbocycles. The van der Waals surface area contributed by atoms with Crippen molar-refractivity contribution in [3.8, 4) is 0 Å². The summed E-state index contributed by atoms with van der Waals surface area (Å²) in [6, 6.07) is 13.9. The molecule has 0 spiro atoms. The fraction of sp³-hybridized carbons (Fsp3) is 0.292. The lowest BCUT2D eigenvalue weighted by molar-refractivity contribution is 0.0640. The molecule has 0 atom stereocenters. The first kappa shape index (κ1) is 20.1. The lowest BCUT2D eigenvalue weighted by atomic mass is 9.96. The first-order valence-electron chi connectivity index (χ1n) is 10.6. The Bertz CT molecular complexity index is 1160. The number of aryl methyl sites for hydroxylation is 1. The van der Waals surface area contributed by atoms with Crippen LogP contribution in [0.3, 0.4) is 0 Å². The van der Waals surface area contributed by atoms with Crippen molar-refractivity contribution >= 4 is 17.7 Å². The monoisotopic (exact) mass is 430 g/mol. The lowest BCUT2D eigenvalue weighted by Crippen LogP contribution is -2.38. The van der Waals surface area contributed by atoms with E-state index in [1.54, 1.807) is 55.5 Å². The van der Waals surface area contributed by atoms with Crippen molar-refractivity contribution in [1.29, 1.82) is 0 Å². The second-order valence-corrected chi connectivity index (χ2v) is 8.19. The van der Waals surface area contributed by atoms with Gasteiger partial charge in [-0.3, -0.25) is 19.3 Å². The molecule has 0 unspecified atom stereocenters. The molecule has 3 aromatic rings. The molecule has 2 aliphatic rings. The average Bonchev–Trinajstić information content (AvgIpc) is 3.37. The number of imide groups is 1. The maximum absolute atomic E-state index is 12.9. The van der Waals surface area contributed by atoms with Crippen molar-refractivity contribution in [1.82, 2.24) is 19.9 Å². The van der Waals surface area contributed by atoms with Crippen molar-refractivity contribution in [3.63, 3.8) is 0 Å². The van der Waals surface area contributed by atoms with E-state index in [1.807, 2.05) is 4.90 Å². The summed E-state index contributed by atoms with van der Waals surface area (Å²) in [4.78, 5) is 45.4. The second-order valence-electron chi connectivity index (χ2n) is 8.19. The van der Waals surface area contributed by atoms with Crippen LogP contribution in [0.25, 0.3) is 0 Å². The number of piperidine rings is 1. The van der Waals surface area contributed by atoms with Gasteiger partial charge in [0.05, 0.1) is 17.7 Å². The minimum atomic E-state index is -0.287. The normalized spacial score (nSPS) is 16.5. The molecule has 8 heteroatoms. The third-order valence-electron chi connectivity index (χ3n) is 6.09. The number of nitrogens with zero attached hydrogens (tertiary/aromatic N) is 4. The van der Waals surface area contributed by atoms with Crippen LogP contribution in [-0.2, 0) is 6.54 Å². The van der Waals surface area contributed by atoms with Crippen LogP contribution in [0.4, 0.5) is 0 Å². The number of fused-ring (bicyclic) bond motifs is 1. The summed E-state index contributed by atoms with van der Waals surface area (Å²) in [5.41, 5.74) is 2.25. The summed E-state index contributed by atoms with van der Waals surface area (Å²) in [5.74, 6) is 0.849. The van der Waals surface area contributed by atoms with Gasteiger partial charge in [-0.05, 0) is 49.6 Å². The quantitative estimate of drug-likeness (QED) is 0.590. The maximum Gasteiger partial charge on any atom is 0.261 e. The fourth-order valence-corrected chi connectivity index (χ4v) is 4.31. The molecule has 1 aromatic heterocycles. The van der Waals surface area contributed by atoms with Gasteiger partial charge < -0.3 is 9.42 Å². The number of hydrogen-bond donors (Lipinski definition) is 0. The van der Waals surface area contributed by atoms with Crippen molar-refractivity contribution in [2.24, 2.45) is 0 Å². The van der Waals surface area contributed by atoms with E-state index in [2.05, 4.69) is 10.1 Å². The average molecular weight is 430 g/mol. The smallest absolute Gasteiger partial charge is 0.261 e. The number of aromatic nitrogens is 2. The van der Waals surface area contributed by atoms with Gasteiger partial charge in [0, 0.05) is 24.6 Å². The third-order valence-corrected chi connectivity index (χ3v) is 6.09. The Labute approximate surface area is 184 Å². The number of likely N-dealkylation sites (tertiary alicyclic amines) is 1.